The van der Waals surface area contributed by atoms with Crippen LogP contribution in [-0.4, -0.2) is 19.1 Å². The van der Waals surface area contributed by atoms with E-state index in [0.29, 0.717) is 5.56 Å². The Hall–Kier alpha value is -1.49. The van der Waals surface area contributed by atoms with Crippen LogP contribution in [0.2, 0.25) is 0 Å². The molecule has 0 fully saturated rings. The quantitative estimate of drug-likeness (QED) is 0.822. The number of nitrogens with one attached hydrogen (secondary N) is 1. The molecule has 0 unspecified atom stereocenters. The van der Waals surface area contributed by atoms with Gasteiger partial charge in [-0.15, -0.1) is 0 Å². The largest absolute Gasteiger partial charge is 0.468 e. The molecule has 0 saturated carbocycles. The molecule has 1 aromatic rings. The normalized spacial score (nSPS) is 12.6. The monoisotopic (exact) mass is 257 g/mol. The first-order valence-corrected chi connectivity index (χ1v) is 5.70. The molecule has 0 aliphatic carbocycles. The van der Waals surface area contributed by atoms with Crippen molar-refractivity contribution >= 4 is 5.97 Å². The molecule has 0 spiro atoms. The van der Waals surface area contributed by atoms with Gasteiger partial charge in [-0.1, -0.05) is 19.9 Å². The summed E-state index contributed by atoms with van der Waals surface area (Å²) in [6.45, 7) is 4.02. The number of halogens is 2. The minimum atomic E-state index is -0.895. The van der Waals surface area contributed by atoms with Gasteiger partial charge in [-0.3, -0.25) is 4.79 Å². The third kappa shape index (κ3) is 3.77. The summed E-state index contributed by atoms with van der Waals surface area (Å²) in [4.78, 5) is 11.5. The molecule has 100 valence electrons. The lowest BCUT2D eigenvalue weighted by molar-refractivity contribution is -0.144. The van der Waals surface area contributed by atoms with Crippen LogP contribution >= 0.6 is 0 Å². The highest BCUT2D eigenvalue weighted by atomic mass is 19.2. The number of rotatable bonds is 5. The second-order valence-corrected chi connectivity index (χ2v) is 4.37. The number of ether oxygens (including phenoxy) is 1. The number of carbonyl (C=O) groups excluding carboxylic acids is 1. The molecule has 0 aliphatic rings. The molecule has 3 nitrogen and oxygen atoms in total. The minimum absolute atomic E-state index is 0.0442. The first-order chi connectivity index (χ1) is 8.45. The molecule has 0 aliphatic heterocycles. The first kappa shape index (κ1) is 14.6. The van der Waals surface area contributed by atoms with Gasteiger partial charge < -0.3 is 10.1 Å². The van der Waals surface area contributed by atoms with Crippen molar-refractivity contribution in [2.24, 2.45) is 5.92 Å². The van der Waals surface area contributed by atoms with Crippen molar-refractivity contribution in [3.05, 3.63) is 35.4 Å². The molecule has 0 heterocycles. The number of benzene rings is 1. The Balaban J connectivity index is 2.67. The average Bonchev–Trinajstić information content (AvgIpc) is 2.33. The Kier molecular flexibility index (Phi) is 5.22. The predicted octanol–water partition coefficient (Wildman–Crippen LogP) is 2.25. The van der Waals surface area contributed by atoms with E-state index in [-0.39, 0.29) is 18.4 Å². The van der Waals surface area contributed by atoms with E-state index in [9.17, 15) is 13.6 Å². The molecule has 5 heteroatoms. The predicted molar refractivity (Wildman–Crippen MR) is 63.8 cm³/mol. The van der Waals surface area contributed by atoms with E-state index in [4.69, 9.17) is 0 Å². The lowest BCUT2D eigenvalue weighted by Gasteiger charge is -2.19. The van der Waals surface area contributed by atoms with Gasteiger partial charge in [-0.05, 0) is 23.6 Å². The van der Waals surface area contributed by atoms with E-state index in [1.165, 1.54) is 13.2 Å². The molecule has 1 atom stereocenters. The summed E-state index contributed by atoms with van der Waals surface area (Å²) in [5, 5.41) is 2.97. The Morgan fingerprint density at radius 2 is 2.00 bits per heavy atom. The fourth-order valence-corrected chi connectivity index (χ4v) is 1.60. The van der Waals surface area contributed by atoms with Gasteiger partial charge in [0.2, 0.25) is 0 Å². The highest BCUT2D eigenvalue weighted by Crippen LogP contribution is 2.10. The number of carbonyl (C=O) groups is 1. The van der Waals surface area contributed by atoms with Crippen molar-refractivity contribution in [1.82, 2.24) is 5.32 Å². The number of methoxy groups -OCH3 is 1. The molecule has 0 aromatic heterocycles. The van der Waals surface area contributed by atoms with Gasteiger partial charge in [0.15, 0.2) is 11.6 Å². The van der Waals surface area contributed by atoms with Crippen molar-refractivity contribution in [2.45, 2.75) is 26.4 Å². The van der Waals surface area contributed by atoms with Gasteiger partial charge >= 0.3 is 5.97 Å². The standard InChI is InChI=1S/C13H17F2NO2/c1-8(2)12(13(17)18-3)16-7-9-4-5-10(14)11(15)6-9/h4-6,8,12,16H,7H2,1-3H3/t12-/m1/s1. The van der Waals surface area contributed by atoms with Gasteiger partial charge in [0.25, 0.3) is 0 Å². The van der Waals surface area contributed by atoms with E-state index in [1.807, 2.05) is 13.8 Å². The highest BCUT2D eigenvalue weighted by Gasteiger charge is 2.22. The van der Waals surface area contributed by atoms with Crippen LogP contribution in [0.3, 0.4) is 0 Å². The SMILES string of the molecule is COC(=O)[C@H](NCc1ccc(F)c(F)c1)C(C)C. The van der Waals surface area contributed by atoms with Crippen LogP contribution in [0.25, 0.3) is 0 Å². The zero-order valence-electron chi connectivity index (χ0n) is 10.7. The Labute approximate surface area is 105 Å². The molecule has 1 N–H and O–H groups in total. The van der Waals surface area contributed by atoms with Gasteiger partial charge in [-0.2, -0.15) is 0 Å². The second-order valence-electron chi connectivity index (χ2n) is 4.37. The lowest BCUT2D eigenvalue weighted by atomic mass is 10.0. The van der Waals surface area contributed by atoms with Crippen molar-refractivity contribution < 1.29 is 18.3 Å². The fraction of sp³-hybridized carbons (Fsp3) is 0.462. The van der Waals surface area contributed by atoms with Crippen LogP contribution in [0.15, 0.2) is 18.2 Å². The van der Waals surface area contributed by atoms with Crippen molar-refractivity contribution in [3.63, 3.8) is 0 Å². The van der Waals surface area contributed by atoms with Crippen molar-refractivity contribution in [1.29, 1.82) is 0 Å². The smallest absolute Gasteiger partial charge is 0.323 e. The molecule has 1 rings (SSSR count). The van der Waals surface area contributed by atoms with Crippen LogP contribution in [-0.2, 0) is 16.1 Å². The topological polar surface area (TPSA) is 38.3 Å². The molecular weight excluding hydrogens is 240 g/mol. The average molecular weight is 257 g/mol. The molecule has 1 aromatic carbocycles. The molecule has 0 saturated heterocycles. The summed E-state index contributed by atoms with van der Waals surface area (Å²) in [6, 6.07) is 3.18. The zero-order chi connectivity index (χ0) is 13.7. The highest BCUT2D eigenvalue weighted by molar-refractivity contribution is 5.75. The Morgan fingerprint density at radius 3 is 2.50 bits per heavy atom. The van der Waals surface area contributed by atoms with Crippen LogP contribution < -0.4 is 5.32 Å². The second kappa shape index (κ2) is 6.44. The molecule has 0 bridgehead atoms. The molecule has 18 heavy (non-hydrogen) atoms. The Bertz CT molecular complexity index is 421. The van der Waals surface area contributed by atoms with E-state index >= 15 is 0 Å². The Morgan fingerprint density at radius 1 is 1.33 bits per heavy atom. The van der Waals surface area contributed by atoms with E-state index in [2.05, 4.69) is 10.1 Å². The lowest BCUT2D eigenvalue weighted by Crippen LogP contribution is -2.41. The zero-order valence-corrected chi connectivity index (χ0v) is 10.7. The summed E-state index contributed by atoms with van der Waals surface area (Å²) in [5.41, 5.74) is 0.573. The van der Waals surface area contributed by atoms with Gasteiger partial charge in [0, 0.05) is 6.54 Å². The molecular formula is C13H17F2NO2. The third-order valence-electron chi connectivity index (χ3n) is 2.63. The van der Waals surface area contributed by atoms with E-state index in [1.54, 1.807) is 0 Å². The number of hydrogen-bond acceptors (Lipinski definition) is 3. The van der Waals surface area contributed by atoms with Crippen molar-refractivity contribution in [3.8, 4) is 0 Å². The molecule has 0 amide bonds. The summed E-state index contributed by atoms with van der Waals surface area (Å²) < 4.78 is 30.4. The van der Waals surface area contributed by atoms with Gasteiger partial charge in [0.1, 0.15) is 6.04 Å². The van der Waals surface area contributed by atoms with Gasteiger partial charge in [0.05, 0.1) is 7.11 Å². The summed E-state index contributed by atoms with van der Waals surface area (Å²) in [7, 11) is 1.32. The van der Waals surface area contributed by atoms with E-state index < -0.39 is 17.7 Å². The van der Waals surface area contributed by atoms with Crippen molar-refractivity contribution in [2.75, 3.05) is 7.11 Å². The maximum Gasteiger partial charge on any atom is 0.323 e. The van der Waals surface area contributed by atoms with Crippen LogP contribution in [0.1, 0.15) is 19.4 Å². The summed E-state index contributed by atoms with van der Waals surface area (Å²) in [5.74, 6) is -2.10. The first-order valence-electron chi connectivity index (χ1n) is 5.70. The number of esters is 1. The van der Waals surface area contributed by atoms with Crippen LogP contribution in [0.5, 0.6) is 0 Å². The molecule has 0 radical (unpaired) electrons. The fourth-order valence-electron chi connectivity index (χ4n) is 1.60. The third-order valence-corrected chi connectivity index (χ3v) is 2.63. The number of hydrogen-bond donors (Lipinski definition) is 1. The van der Waals surface area contributed by atoms with E-state index in [0.717, 1.165) is 12.1 Å². The van der Waals surface area contributed by atoms with Crippen LogP contribution in [0.4, 0.5) is 8.78 Å². The maximum atomic E-state index is 13.0. The van der Waals surface area contributed by atoms with Gasteiger partial charge in [-0.25, -0.2) is 8.78 Å². The summed E-state index contributed by atoms with van der Waals surface area (Å²) >= 11 is 0. The van der Waals surface area contributed by atoms with Crippen LogP contribution in [0, 0.1) is 17.6 Å². The summed E-state index contributed by atoms with van der Waals surface area (Å²) in [6.07, 6.45) is 0. The minimum Gasteiger partial charge on any atom is -0.468 e. The maximum absolute atomic E-state index is 13.0.